The minimum absolute atomic E-state index is 0.320. The molecular formula is C7H11N3. The fraction of sp³-hybridized carbons (Fsp3) is 0.571. The van der Waals surface area contributed by atoms with Gasteiger partial charge in [0.05, 0.1) is 17.6 Å². The van der Waals surface area contributed by atoms with Gasteiger partial charge in [0.25, 0.3) is 0 Å². The molecule has 10 heavy (non-hydrogen) atoms. The van der Waals surface area contributed by atoms with Gasteiger partial charge in [0.15, 0.2) is 0 Å². The zero-order chi connectivity index (χ0) is 7.19. The van der Waals surface area contributed by atoms with Crippen molar-refractivity contribution in [2.24, 2.45) is 0 Å². The lowest BCUT2D eigenvalue weighted by molar-refractivity contribution is 0.745. The van der Waals surface area contributed by atoms with Crippen LogP contribution in [0.5, 0.6) is 0 Å². The summed E-state index contributed by atoms with van der Waals surface area (Å²) >= 11 is 0. The molecule has 0 bridgehead atoms. The van der Waals surface area contributed by atoms with Gasteiger partial charge in [0.2, 0.25) is 0 Å². The molecule has 1 fully saturated rings. The fourth-order valence-corrected chi connectivity index (χ4v) is 1.22. The monoisotopic (exact) mass is 137 g/mol. The number of nitrogens with zero attached hydrogens (tertiary/aromatic N) is 1. The quantitative estimate of drug-likeness (QED) is 0.607. The predicted molar refractivity (Wildman–Crippen MR) is 39.6 cm³/mol. The third-order valence-electron chi connectivity index (χ3n) is 2.27. The molecular weight excluding hydrogens is 126 g/mol. The molecule has 3 nitrogen and oxygen atoms in total. The van der Waals surface area contributed by atoms with Crippen LogP contribution >= 0.6 is 0 Å². The topological polar surface area (TPSA) is 54.7 Å². The lowest BCUT2D eigenvalue weighted by Crippen LogP contribution is -2.03. The zero-order valence-corrected chi connectivity index (χ0v) is 6.02. The van der Waals surface area contributed by atoms with Crippen LogP contribution in [0.15, 0.2) is 6.20 Å². The summed E-state index contributed by atoms with van der Waals surface area (Å²) in [6.07, 6.45) is 4.15. The number of nitrogens with one attached hydrogen (secondary N) is 1. The number of nitrogen functional groups attached to an aromatic ring is 1. The summed E-state index contributed by atoms with van der Waals surface area (Å²) in [6, 6.07) is 0. The van der Waals surface area contributed by atoms with E-state index in [-0.39, 0.29) is 0 Å². The summed E-state index contributed by atoms with van der Waals surface area (Å²) in [5.41, 5.74) is 7.92. The Hall–Kier alpha value is -0.990. The van der Waals surface area contributed by atoms with Crippen LogP contribution in [0, 0.1) is 0 Å². The number of hydrogen-bond acceptors (Lipinski definition) is 2. The largest absolute Gasteiger partial charge is 0.396 e. The van der Waals surface area contributed by atoms with E-state index >= 15 is 0 Å². The van der Waals surface area contributed by atoms with Crippen molar-refractivity contribution in [2.75, 3.05) is 5.73 Å². The average molecular weight is 137 g/mol. The first-order valence-electron chi connectivity index (χ1n) is 3.52. The van der Waals surface area contributed by atoms with E-state index in [4.69, 9.17) is 5.73 Å². The smallest absolute Gasteiger partial charge is 0.0736 e. The van der Waals surface area contributed by atoms with Gasteiger partial charge in [-0.05, 0) is 12.8 Å². The van der Waals surface area contributed by atoms with Crippen molar-refractivity contribution < 1.29 is 0 Å². The molecule has 1 aromatic rings. The molecule has 0 radical (unpaired) electrons. The third-order valence-corrected chi connectivity index (χ3v) is 2.27. The molecule has 3 N–H and O–H groups in total. The number of H-pyrrole nitrogens is 1. The van der Waals surface area contributed by atoms with Gasteiger partial charge in [0.1, 0.15) is 0 Å². The highest BCUT2D eigenvalue weighted by atomic mass is 15.1. The maximum atomic E-state index is 5.67. The van der Waals surface area contributed by atoms with Crippen LogP contribution in [-0.4, -0.2) is 10.2 Å². The lowest BCUT2D eigenvalue weighted by Gasteiger charge is -2.04. The van der Waals surface area contributed by atoms with Crippen molar-refractivity contribution >= 4 is 5.69 Å². The summed E-state index contributed by atoms with van der Waals surface area (Å²) in [6.45, 7) is 2.21. The number of hydrogen-bond donors (Lipinski definition) is 2. The molecule has 0 unspecified atom stereocenters. The first-order valence-corrected chi connectivity index (χ1v) is 3.52. The Morgan fingerprint density at radius 2 is 2.40 bits per heavy atom. The second kappa shape index (κ2) is 1.54. The SMILES string of the molecule is CC1(c2[nH]ncc2N)CC1. The summed E-state index contributed by atoms with van der Waals surface area (Å²) in [5.74, 6) is 0. The Balaban J connectivity index is 2.42. The number of aromatic amines is 1. The second-order valence-electron chi connectivity index (χ2n) is 3.26. The maximum absolute atomic E-state index is 5.67. The Labute approximate surface area is 59.6 Å². The summed E-state index contributed by atoms with van der Waals surface area (Å²) in [7, 11) is 0. The minimum atomic E-state index is 0.320. The normalized spacial score (nSPS) is 20.9. The van der Waals surface area contributed by atoms with Gasteiger partial charge in [-0.2, -0.15) is 5.10 Å². The van der Waals surface area contributed by atoms with Crippen LogP contribution in [0.4, 0.5) is 5.69 Å². The highest BCUT2D eigenvalue weighted by Crippen LogP contribution is 2.48. The Bertz CT molecular complexity index is 247. The molecule has 0 aromatic carbocycles. The van der Waals surface area contributed by atoms with E-state index in [0.29, 0.717) is 5.41 Å². The number of anilines is 1. The molecule has 0 spiro atoms. The highest BCUT2D eigenvalue weighted by Gasteiger charge is 2.41. The van der Waals surface area contributed by atoms with E-state index in [9.17, 15) is 0 Å². The van der Waals surface area contributed by atoms with E-state index in [1.54, 1.807) is 6.20 Å². The molecule has 1 aliphatic carbocycles. The second-order valence-corrected chi connectivity index (χ2v) is 3.26. The van der Waals surface area contributed by atoms with E-state index in [1.807, 2.05) is 0 Å². The van der Waals surface area contributed by atoms with E-state index < -0.39 is 0 Å². The van der Waals surface area contributed by atoms with Gasteiger partial charge in [-0.25, -0.2) is 0 Å². The van der Waals surface area contributed by atoms with Crippen molar-refractivity contribution in [1.29, 1.82) is 0 Å². The van der Waals surface area contributed by atoms with Gasteiger partial charge in [-0.3, -0.25) is 5.10 Å². The highest BCUT2D eigenvalue weighted by molar-refractivity contribution is 5.46. The van der Waals surface area contributed by atoms with Crippen molar-refractivity contribution in [3.05, 3.63) is 11.9 Å². The first-order chi connectivity index (χ1) is 4.72. The molecule has 0 amide bonds. The van der Waals surface area contributed by atoms with E-state index in [2.05, 4.69) is 17.1 Å². The molecule has 54 valence electrons. The van der Waals surface area contributed by atoms with Gasteiger partial charge in [-0.1, -0.05) is 6.92 Å². The van der Waals surface area contributed by atoms with Gasteiger partial charge in [-0.15, -0.1) is 0 Å². The third kappa shape index (κ3) is 0.632. The number of rotatable bonds is 1. The summed E-state index contributed by atoms with van der Waals surface area (Å²) < 4.78 is 0. The van der Waals surface area contributed by atoms with Crippen molar-refractivity contribution in [2.45, 2.75) is 25.2 Å². The van der Waals surface area contributed by atoms with Gasteiger partial charge >= 0.3 is 0 Å². The molecule has 0 saturated heterocycles. The Kier molecular flexibility index (Phi) is 0.886. The zero-order valence-electron chi connectivity index (χ0n) is 6.02. The molecule has 3 heteroatoms. The first kappa shape index (κ1) is 5.77. The molecule has 0 aliphatic heterocycles. The van der Waals surface area contributed by atoms with Crippen molar-refractivity contribution in [1.82, 2.24) is 10.2 Å². The predicted octanol–water partition coefficient (Wildman–Crippen LogP) is 1.04. The molecule has 2 rings (SSSR count). The average Bonchev–Trinajstić information content (AvgIpc) is 2.44. The van der Waals surface area contributed by atoms with Crippen molar-refractivity contribution in [3.63, 3.8) is 0 Å². The molecule has 1 saturated carbocycles. The Morgan fingerprint density at radius 3 is 2.80 bits per heavy atom. The summed E-state index contributed by atoms with van der Waals surface area (Å²) in [5, 5.41) is 6.81. The summed E-state index contributed by atoms with van der Waals surface area (Å²) in [4.78, 5) is 0. The molecule has 0 atom stereocenters. The van der Waals surface area contributed by atoms with Crippen molar-refractivity contribution in [3.8, 4) is 0 Å². The van der Waals surface area contributed by atoms with Crippen LogP contribution in [0.2, 0.25) is 0 Å². The minimum Gasteiger partial charge on any atom is -0.396 e. The van der Waals surface area contributed by atoms with Crippen LogP contribution in [0.3, 0.4) is 0 Å². The molecule has 1 heterocycles. The lowest BCUT2D eigenvalue weighted by atomic mass is 10.1. The Morgan fingerprint density at radius 1 is 1.70 bits per heavy atom. The number of aromatic nitrogens is 2. The number of nitrogens with two attached hydrogens (primary N) is 1. The van der Waals surface area contributed by atoms with E-state index in [0.717, 1.165) is 11.4 Å². The molecule has 1 aromatic heterocycles. The van der Waals surface area contributed by atoms with E-state index in [1.165, 1.54) is 12.8 Å². The standard InChI is InChI=1S/C7H11N3/c1-7(2-3-7)6-5(8)4-9-10-6/h4H,2-3,8H2,1H3,(H,9,10). The van der Waals surface area contributed by atoms with Gasteiger partial charge in [0, 0.05) is 5.41 Å². The van der Waals surface area contributed by atoms with Crippen LogP contribution in [0.1, 0.15) is 25.5 Å². The van der Waals surface area contributed by atoms with Gasteiger partial charge < -0.3 is 5.73 Å². The molecule has 1 aliphatic rings. The maximum Gasteiger partial charge on any atom is 0.0736 e. The van der Waals surface area contributed by atoms with Crippen LogP contribution in [-0.2, 0) is 5.41 Å². The fourth-order valence-electron chi connectivity index (χ4n) is 1.22. The van der Waals surface area contributed by atoms with Crippen LogP contribution < -0.4 is 5.73 Å². The van der Waals surface area contributed by atoms with Crippen LogP contribution in [0.25, 0.3) is 0 Å².